The second-order valence-electron chi connectivity index (χ2n) is 8.11. The van der Waals surface area contributed by atoms with Gasteiger partial charge in [-0.1, -0.05) is 18.2 Å². The molecule has 35 heavy (non-hydrogen) atoms. The lowest BCUT2D eigenvalue weighted by Crippen LogP contribution is -2.40. The summed E-state index contributed by atoms with van der Waals surface area (Å²) >= 11 is 0. The second-order valence-corrected chi connectivity index (χ2v) is 8.11. The molecule has 0 bridgehead atoms. The highest BCUT2D eigenvalue weighted by molar-refractivity contribution is 5.97. The quantitative estimate of drug-likeness (QED) is 0.371. The Morgan fingerprint density at radius 1 is 0.971 bits per heavy atom. The van der Waals surface area contributed by atoms with Crippen LogP contribution in [0.5, 0.6) is 11.5 Å². The number of aryl methyl sites for hydroxylation is 1. The number of ether oxygens (including phenoxy) is 2. The average Bonchev–Trinajstić information content (AvgIpc) is 2.84. The highest BCUT2D eigenvalue weighted by Gasteiger charge is 2.30. The fourth-order valence-corrected chi connectivity index (χ4v) is 3.83. The molecule has 3 aromatic carbocycles. The molecule has 9 heteroatoms. The minimum atomic E-state index is -4.43. The van der Waals surface area contributed by atoms with E-state index in [0.717, 1.165) is 23.1 Å². The van der Waals surface area contributed by atoms with Crippen molar-refractivity contribution >= 4 is 34.0 Å². The van der Waals surface area contributed by atoms with Crippen LogP contribution in [-0.2, 0) is 11.0 Å². The largest absolute Gasteiger partial charge is 0.485 e. The number of nitrogens with one attached hydrogen (secondary N) is 2. The highest BCUT2D eigenvalue weighted by atomic mass is 19.4. The van der Waals surface area contributed by atoms with Crippen LogP contribution < -0.4 is 20.1 Å². The number of hydrogen-bond donors (Lipinski definition) is 2. The van der Waals surface area contributed by atoms with E-state index < -0.39 is 17.8 Å². The minimum Gasteiger partial charge on any atom is -0.485 e. The Balaban J connectivity index is 1.33. The number of halogens is 3. The number of carbonyl (C=O) groups excluding carboxylic acids is 1. The molecule has 1 atom stereocenters. The fraction of sp³-hybridized carbons (Fsp3) is 0.154. The highest BCUT2D eigenvalue weighted by Crippen LogP contribution is 2.33. The Bertz CT molecular complexity index is 1420. The zero-order chi connectivity index (χ0) is 24.6. The van der Waals surface area contributed by atoms with Gasteiger partial charge in [0.1, 0.15) is 12.4 Å². The first-order valence-electron chi connectivity index (χ1n) is 10.8. The summed E-state index contributed by atoms with van der Waals surface area (Å²) in [5.74, 6) is 1.18. The maximum atomic E-state index is 13.0. The zero-order valence-corrected chi connectivity index (χ0v) is 18.5. The van der Waals surface area contributed by atoms with Gasteiger partial charge in [-0.2, -0.15) is 13.2 Å². The number of hydrogen-bond acceptors (Lipinski definition) is 5. The summed E-state index contributed by atoms with van der Waals surface area (Å²) in [5.41, 5.74) is 1.58. The molecule has 1 aliphatic rings. The van der Waals surface area contributed by atoms with Gasteiger partial charge in [0.05, 0.1) is 11.1 Å². The van der Waals surface area contributed by atoms with Crippen LogP contribution in [0.25, 0.3) is 10.9 Å². The van der Waals surface area contributed by atoms with Gasteiger partial charge in [0.2, 0.25) is 6.10 Å². The van der Waals surface area contributed by atoms with E-state index in [4.69, 9.17) is 9.47 Å². The molecule has 1 aromatic heterocycles. The number of carbonyl (C=O) groups is 1. The lowest BCUT2D eigenvalue weighted by Gasteiger charge is -2.25. The van der Waals surface area contributed by atoms with Crippen molar-refractivity contribution in [2.75, 3.05) is 17.2 Å². The van der Waals surface area contributed by atoms with E-state index in [9.17, 15) is 18.0 Å². The SMILES string of the molecule is Cc1cc(Nc2cccc(C(F)(F)F)c2)nc2ccc(NC(=O)C3COc4ccccc4O3)cc12. The first kappa shape index (κ1) is 22.5. The second kappa shape index (κ2) is 8.83. The molecule has 178 valence electrons. The third kappa shape index (κ3) is 4.84. The molecule has 1 aliphatic heterocycles. The summed E-state index contributed by atoms with van der Waals surface area (Å²) in [4.78, 5) is 17.2. The molecule has 6 nitrogen and oxygen atoms in total. The summed E-state index contributed by atoms with van der Waals surface area (Å²) < 4.78 is 50.4. The first-order chi connectivity index (χ1) is 16.8. The minimum absolute atomic E-state index is 0.0988. The maximum Gasteiger partial charge on any atom is 0.416 e. The topological polar surface area (TPSA) is 72.5 Å². The van der Waals surface area contributed by atoms with Gasteiger partial charge in [0.15, 0.2) is 11.5 Å². The monoisotopic (exact) mass is 479 g/mol. The van der Waals surface area contributed by atoms with Crippen LogP contribution in [0.15, 0.2) is 72.8 Å². The van der Waals surface area contributed by atoms with E-state index in [-0.39, 0.29) is 18.2 Å². The molecule has 0 fully saturated rings. The van der Waals surface area contributed by atoms with E-state index in [2.05, 4.69) is 15.6 Å². The zero-order valence-electron chi connectivity index (χ0n) is 18.5. The third-order valence-electron chi connectivity index (χ3n) is 5.55. The van der Waals surface area contributed by atoms with Crippen LogP contribution >= 0.6 is 0 Å². The van der Waals surface area contributed by atoms with Crippen LogP contribution in [0.2, 0.25) is 0 Å². The molecule has 1 amide bonds. The van der Waals surface area contributed by atoms with Crippen molar-refractivity contribution in [1.29, 1.82) is 0 Å². The lowest BCUT2D eigenvalue weighted by atomic mass is 10.1. The predicted octanol–water partition coefficient (Wildman–Crippen LogP) is 6.08. The van der Waals surface area contributed by atoms with E-state index >= 15 is 0 Å². The molecule has 0 radical (unpaired) electrons. The van der Waals surface area contributed by atoms with Crippen LogP contribution in [0.4, 0.5) is 30.4 Å². The number of nitrogens with zero attached hydrogens (tertiary/aromatic N) is 1. The van der Waals surface area contributed by atoms with Gasteiger partial charge in [0.25, 0.3) is 5.91 Å². The van der Waals surface area contributed by atoms with E-state index in [0.29, 0.717) is 28.5 Å². The number of rotatable bonds is 4. The number of fused-ring (bicyclic) bond motifs is 2. The molecular weight excluding hydrogens is 459 g/mol. The van der Waals surface area contributed by atoms with Gasteiger partial charge >= 0.3 is 6.18 Å². The average molecular weight is 479 g/mol. The Kier molecular flexibility index (Phi) is 5.68. The standard InChI is InChI=1S/C26H20F3N3O3/c1-15-11-24(30-17-6-4-5-16(12-17)26(27,28)29)32-20-10-9-18(13-19(15)20)31-25(33)23-14-34-21-7-2-3-8-22(21)35-23/h2-13,23H,14H2,1H3,(H,30,32)(H,31,33). The third-order valence-corrected chi connectivity index (χ3v) is 5.55. The van der Waals surface area contributed by atoms with E-state index in [1.54, 1.807) is 48.5 Å². The molecule has 2 heterocycles. The van der Waals surface area contributed by atoms with Crippen LogP contribution in [0.3, 0.4) is 0 Å². The Morgan fingerprint density at radius 2 is 1.77 bits per heavy atom. The number of benzene rings is 3. The van der Waals surface area contributed by atoms with Gasteiger partial charge < -0.3 is 20.1 Å². The molecule has 0 saturated heterocycles. The van der Waals surface area contributed by atoms with Crippen LogP contribution in [0, 0.1) is 6.92 Å². The molecule has 4 aromatic rings. The van der Waals surface area contributed by atoms with Gasteiger partial charge in [0, 0.05) is 16.8 Å². The van der Waals surface area contributed by atoms with E-state index in [1.807, 2.05) is 13.0 Å². The molecular formula is C26H20F3N3O3. The van der Waals surface area contributed by atoms with Crippen molar-refractivity contribution in [2.24, 2.45) is 0 Å². The molecule has 2 N–H and O–H groups in total. The van der Waals surface area contributed by atoms with Crippen LogP contribution in [0.1, 0.15) is 11.1 Å². The molecule has 0 spiro atoms. The van der Waals surface area contributed by atoms with Crippen molar-refractivity contribution in [3.63, 3.8) is 0 Å². The number of pyridine rings is 1. The summed E-state index contributed by atoms with van der Waals surface area (Å²) in [6, 6.07) is 19.1. The normalized spacial score (nSPS) is 15.0. The molecule has 0 aliphatic carbocycles. The maximum absolute atomic E-state index is 13.0. The summed E-state index contributed by atoms with van der Waals surface area (Å²) in [5, 5.41) is 6.57. The van der Waals surface area contributed by atoms with Crippen LogP contribution in [-0.4, -0.2) is 23.6 Å². The van der Waals surface area contributed by atoms with E-state index in [1.165, 1.54) is 6.07 Å². The number of alkyl halides is 3. The number of amides is 1. The number of anilines is 3. The van der Waals surface area contributed by atoms with Gasteiger partial charge in [-0.3, -0.25) is 4.79 Å². The van der Waals surface area contributed by atoms with Crippen molar-refractivity contribution in [2.45, 2.75) is 19.2 Å². The Labute approximate surface area is 198 Å². The predicted molar refractivity (Wildman–Crippen MR) is 126 cm³/mol. The van der Waals surface area contributed by atoms with Crippen molar-refractivity contribution in [3.05, 3.63) is 83.9 Å². The van der Waals surface area contributed by atoms with Gasteiger partial charge in [-0.15, -0.1) is 0 Å². The fourth-order valence-electron chi connectivity index (χ4n) is 3.83. The molecule has 1 unspecified atom stereocenters. The summed E-state index contributed by atoms with van der Waals surface area (Å²) in [6.45, 7) is 1.96. The van der Waals surface area contributed by atoms with Gasteiger partial charge in [-0.25, -0.2) is 4.98 Å². The number of aromatic nitrogens is 1. The Hall–Kier alpha value is -4.27. The number of para-hydroxylation sites is 2. The molecule has 5 rings (SSSR count). The molecule has 0 saturated carbocycles. The van der Waals surface area contributed by atoms with Crippen molar-refractivity contribution in [1.82, 2.24) is 4.98 Å². The Morgan fingerprint density at radius 3 is 2.57 bits per heavy atom. The van der Waals surface area contributed by atoms with Gasteiger partial charge in [-0.05, 0) is 67.1 Å². The smallest absolute Gasteiger partial charge is 0.416 e. The first-order valence-corrected chi connectivity index (χ1v) is 10.8. The lowest BCUT2D eigenvalue weighted by molar-refractivity contribution is -0.137. The van der Waals surface area contributed by atoms with Crippen molar-refractivity contribution < 1.29 is 27.4 Å². The summed E-state index contributed by atoms with van der Waals surface area (Å²) in [6.07, 6.45) is -5.22. The van der Waals surface area contributed by atoms with Crippen molar-refractivity contribution in [3.8, 4) is 11.5 Å². The summed E-state index contributed by atoms with van der Waals surface area (Å²) in [7, 11) is 0.